The average Bonchev–Trinajstić information content (AvgIpc) is 2.43. The molecule has 2 rings (SSSR count). The molecule has 4 nitrogen and oxygen atoms in total. The van der Waals surface area contributed by atoms with Gasteiger partial charge in [0.1, 0.15) is 11.5 Å². The molecule has 4 heteroatoms. The van der Waals surface area contributed by atoms with E-state index in [0.717, 1.165) is 37.6 Å². The molecule has 0 saturated carbocycles. The number of ether oxygens (including phenoxy) is 2. The Bertz CT molecular complexity index is 432. The van der Waals surface area contributed by atoms with Crippen LogP contribution in [0, 0.1) is 0 Å². The quantitative estimate of drug-likeness (QED) is 0.830. The fraction of sp³-hybridized carbons (Fsp3) is 0.625. The molecule has 1 unspecified atom stereocenters. The molecule has 0 bridgehead atoms. The van der Waals surface area contributed by atoms with Crippen molar-refractivity contribution in [2.75, 3.05) is 33.9 Å². The lowest BCUT2D eigenvalue weighted by molar-refractivity contribution is 0.101. The van der Waals surface area contributed by atoms with E-state index in [1.54, 1.807) is 14.2 Å². The molecule has 0 aliphatic carbocycles. The first-order chi connectivity index (χ1) is 9.71. The van der Waals surface area contributed by atoms with Gasteiger partial charge in [0.2, 0.25) is 0 Å². The van der Waals surface area contributed by atoms with Crippen LogP contribution < -0.4 is 14.8 Å². The fourth-order valence-corrected chi connectivity index (χ4v) is 2.80. The smallest absolute Gasteiger partial charge is 0.123 e. The van der Waals surface area contributed by atoms with Crippen molar-refractivity contribution < 1.29 is 9.47 Å². The van der Waals surface area contributed by atoms with E-state index < -0.39 is 0 Å². The summed E-state index contributed by atoms with van der Waals surface area (Å²) in [5, 5.41) is 3.36. The Morgan fingerprint density at radius 1 is 1.30 bits per heavy atom. The number of hydrogen-bond acceptors (Lipinski definition) is 4. The van der Waals surface area contributed by atoms with E-state index in [1.165, 1.54) is 5.56 Å². The van der Waals surface area contributed by atoms with Crippen LogP contribution in [0.5, 0.6) is 11.5 Å². The predicted octanol–water partition coefficient (Wildman–Crippen LogP) is 2.45. The Hall–Kier alpha value is -1.26. The normalized spacial score (nSPS) is 16.9. The molecule has 0 radical (unpaired) electrons. The van der Waals surface area contributed by atoms with Gasteiger partial charge in [-0.25, -0.2) is 0 Å². The Morgan fingerprint density at radius 3 is 2.55 bits per heavy atom. The van der Waals surface area contributed by atoms with Crippen LogP contribution >= 0.6 is 0 Å². The standard InChI is InChI=1S/C16H26N2O2/c1-5-8-18(13-10-17-11-13)12(2)15-9-14(19-3)6-7-16(15)20-4/h6-7,9,12-13,17H,5,8,10-11H2,1-4H3. The summed E-state index contributed by atoms with van der Waals surface area (Å²) < 4.78 is 10.9. The van der Waals surface area contributed by atoms with Crippen LogP contribution in [0.1, 0.15) is 31.9 Å². The van der Waals surface area contributed by atoms with Crippen molar-refractivity contribution in [2.45, 2.75) is 32.4 Å². The zero-order valence-electron chi connectivity index (χ0n) is 13.0. The number of nitrogens with zero attached hydrogens (tertiary/aromatic N) is 1. The molecule has 1 N–H and O–H groups in total. The number of rotatable bonds is 7. The first-order valence-corrected chi connectivity index (χ1v) is 7.39. The van der Waals surface area contributed by atoms with Crippen molar-refractivity contribution in [3.8, 4) is 11.5 Å². The van der Waals surface area contributed by atoms with Crippen LogP contribution in [-0.4, -0.2) is 44.8 Å². The molecule has 0 spiro atoms. The minimum atomic E-state index is 0.326. The maximum Gasteiger partial charge on any atom is 0.123 e. The molecule has 0 amide bonds. The largest absolute Gasteiger partial charge is 0.497 e. The summed E-state index contributed by atoms with van der Waals surface area (Å²) in [7, 11) is 3.43. The average molecular weight is 278 g/mol. The zero-order chi connectivity index (χ0) is 14.5. The van der Waals surface area contributed by atoms with Crippen LogP contribution in [0.3, 0.4) is 0 Å². The molecular weight excluding hydrogens is 252 g/mol. The number of methoxy groups -OCH3 is 2. The van der Waals surface area contributed by atoms with Crippen LogP contribution in [0.15, 0.2) is 18.2 Å². The summed E-state index contributed by atoms with van der Waals surface area (Å²) >= 11 is 0. The van der Waals surface area contributed by atoms with Gasteiger partial charge in [0.25, 0.3) is 0 Å². The van der Waals surface area contributed by atoms with Gasteiger partial charge in [-0.1, -0.05) is 6.92 Å². The highest BCUT2D eigenvalue weighted by Gasteiger charge is 2.29. The summed E-state index contributed by atoms with van der Waals surface area (Å²) in [5.74, 6) is 1.82. The maximum atomic E-state index is 5.53. The first kappa shape index (κ1) is 15.1. The van der Waals surface area contributed by atoms with Crippen molar-refractivity contribution in [2.24, 2.45) is 0 Å². The lowest BCUT2D eigenvalue weighted by atomic mass is 10.0. The van der Waals surface area contributed by atoms with Crippen molar-refractivity contribution in [1.82, 2.24) is 10.2 Å². The van der Waals surface area contributed by atoms with Crippen molar-refractivity contribution in [3.05, 3.63) is 23.8 Å². The molecule has 20 heavy (non-hydrogen) atoms. The Balaban J connectivity index is 2.26. The number of nitrogens with one attached hydrogen (secondary N) is 1. The maximum absolute atomic E-state index is 5.53. The van der Waals surface area contributed by atoms with Crippen molar-refractivity contribution >= 4 is 0 Å². The summed E-state index contributed by atoms with van der Waals surface area (Å²) in [6.45, 7) is 7.75. The molecule has 1 saturated heterocycles. The van der Waals surface area contributed by atoms with Gasteiger partial charge in [0.05, 0.1) is 14.2 Å². The third-order valence-corrected chi connectivity index (χ3v) is 4.10. The van der Waals surface area contributed by atoms with E-state index >= 15 is 0 Å². The van der Waals surface area contributed by atoms with Crippen molar-refractivity contribution in [3.63, 3.8) is 0 Å². The van der Waals surface area contributed by atoms with E-state index in [-0.39, 0.29) is 0 Å². The van der Waals surface area contributed by atoms with Gasteiger partial charge < -0.3 is 14.8 Å². The predicted molar refractivity (Wildman–Crippen MR) is 81.6 cm³/mol. The minimum Gasteiger partial charge on any atom is -0.497 e. The zero-order valence-corrected chi connectivity index (χ0v) is 13.0. The second-order valence-electron chi connectivity index (χ2n) is 5.33. The molecule has 112 valence electrons. The SMILES string of the molecule is CCCN(C1CNC1)C(C)c1cc(OC)ccc1OC. The third kappa shape index (κ3) is 3.07. The lowest BCUT2D eigenvalue weighted by Crippen LogP contribution is -2.57. The van der Waals surface area contributed by atoms with E-state index in [4.69, 9.17) is 9.47 Å². The topological polar surface area (TPSA) is 33.7 Å². The monoisotopic (exact) mass is 278 g/mol. The lowest BCUT2D eigenvalue weighted by Gasteiger charge is -2.42. The summed E-state index contributed by atoms with van der Waals surface area (Å²) in [5.41, 5.74) is 1.20. The van der Waals surface area contributed by atoms with Crippen LogP contribution in [0.2, 0.25) is 0 Å². The van der Waals surface area contributed by atoms with Gasteiger partial charge >= 0.3 is 0 Å². The van der Waals surface area contributed by atoms with Crippen LogP contribution in [-0.2, 0) is 0 Å². The molecule has 1 aliphatic rings. The van der Waals surface area contributed by atoms with Gasteiger partial charge in [0, 0.05) is 30.7 Å². The summed E-state index contributed by atoms with van der Waals surface area (Å²) in [6.07, 6.45) is 1.16. The molecule has 1 atom stereocenters. The fourth-order valence-electron chi connectivity index (χ4n) is 2.80. The molecule has 0 aromatic heterocycles. The number of benzene rings is 1. The third-order valence-electron chi connectivity index (χ3n) is 4.10. The van der Waals surface area contributed by atoms with Crippen LogP contribution in [0.4, 0.5) is 0 Å². The first-order valence-electron chi connectivity index (χ1n) is 7.39. The van der Waals surface area contributed by atoms with E-state index in [1.807, 2.05) is 12.1 Å². The van der Waals surface area contributed by atoms with Gasteiger partial charge in [-0.15, -0.1) is 0 Å². The molecule has 1 heterocycles. The van der Waals surface area contributed by atoms with E-state index in [2.05, 4.69) is 30.1 Å². The summed E-state index contributed by atoms with van der Waals surface area (Å²) in [4.78, 5) is 2.56. The van der Waals surface area contributed by atoms with Gasteiger partial charge in [-0.3, -0.25) is 4.90 Å². The highest BCUT2D eigenvalue weighted by atomic mass is 16.5. The minimum absolute atomic E-state index is 0.326. The highest BCUT2D eigenvalue weighted by Crippen LogP contribution is 2.34. The molecule has 1 fully saturated rings. The second-order valence-corrected chi connectivity index (χ2v) is 5.33. The summed E-state index contributed by atoms with van der Waals surface area (Å²) in [6, 6.07) is 6.99. The molecule has 1 aromatic carbocycles. The molecule has 1 aliphatic heterocycles. The van der Waals surface area contributed by atoms with Gasteiger partial charge in [-0.05, 0) is 38.1 Å². The van der Waals surface area contributed by atoms with E-state index in [9.17, 15) is 0 Å². The Morgan fingerprint density at radius 2 is 2.05 bits per heavy atom. The van der Waals surface area contributed by atoms with E-state index in [0.29, 0.717) is 12.1 Å². The number of hydrogen-bond donors (Lipinski definition) is 1. The Kier molecular flexibility index (Phi) is 5.26. The Labute approximate surface area is 122 Å². The molecular formula is C16H26N2O2. The van der Waals surface area contributed by atoms with Crippen molar-refractivity contribution in [1.29, 1.82) is 0 Å². The van der Waals surface area contributed by atoms with Crippen LogP contribution in [0.25, 0.3) is 0 Å². The van der Waals surface area contributed by atoms with Gasteiger partial charge in [0.15, 0.2) is 0 Å². The van der Waals surface area contributed by atoms with Gasteiger partial charge in [-0.2, -0.15) is 0 Å². The molecule has 1 aromatic rings. The highest BCUT2D eigenvalue weighted by molar-refractivity contribution is 5.42. The second kappa shape index (κ2) is 6.95.